The Morgan fingerprint density at radius 1 is 1.00 bits per heavy atom. The monoisotopic (exact) mass is 430 g/mol. The minimum Gasteiger partial charge on any atom is -0.463 e. The van der Waals surface area contributed by atoms with Crippen molar-refractivity contribution in [2.75, 3.05) is 0 Å². The molecule has 0 radical (unpaired) electrons. The Kier molecular flexibility index (Phi) is 6.38. The topological polar surface area (TPSA) is 43.4 Å². The summed E-state index contributed by atoms with van der Waals surface area (Å²) >= 11 is 0. The summed E-state index contributed by atoms with van der Waals surface area (Å²) in [5, 5.41) is 0. The molecule has 4 aliphatic carbocycles. The lowest BCUT2D eigenvalue weighted by molar-refractivity contribution is -0.169. The molecule has 0 amide bonds. The van der Waals surface area contributed by atoms with E-state index in [1.165, 1.54) is 45.4 Å². The first-order chi connectivity index (χ1) is 14.6. The van der Waals surface area contributed by atoms with E-state index in [9.17, 15) is 9.59 Å². The zero-order valence-corrected chi connectivity index (χ0v) is 20.9. The van der Waals surface area contributed by atoms with Crippen LogP contribution in [0.2, 0.25) is 0 Å². The molecule has 4 aliphatic rings. The van der Waals surface area contributed by atoms with Gasteiger partial charge in [-0.3, -0.25) is 9.59 Å². The van der Waals surface area contributed by atoms with E-state index in [1.54, 1.807) is 0 Å². The summed E-state index contributed by atoms with van der Waals surface area (Å²) in [4.78, 5) is 24.9. The van der Waals surface area contributed by atoms with Crippen LogP contribution in [0.1, 0.15) is 106 Å². The van der Waals surface area contributed by atoms with Crippen LogP contribution in [-0.2, 0) is 14.3 Å². The zero-order valence-electron chi connectivity index (χ0n) is 20.9. The maximum Gasteiger partial charge on any atom is 0.302 e. The third-order valence-electron chi connectivity index (χ3n) is 10.7. The molecule has 3 nitrogen and oxygen atoms in total. The highest BCUT2D eigenvalue weighted by Crippen LogP contribution is 2.68. The van der Waals surface area contributed by atoms with Gasteiger partial charge in [0.25, 0.3) is 0 Å². The van der Waals surface area contributed by atoms with Crippen molar-refractivity contribution in [2.45, 2.75) is 112 Å². The number of carbonyl (C=O) groups excluding carboxylic acids is 2. The molecule has 4 fully saturated rings. The maximum absolute atomic E-state index is 13.5. The van der Waals surface area contributed by atoms with Crippen LogP contribution >= 0.6 is 0 Å². The Hall–Kier alpha value is -0.860. The number of Topliss-reactive ketones (excluding diaryl/α,β-unsaturated/α-hetero) is 1. The number of hydrogen-bond acceptors (Lipinski definition) is 3. The van der Waals surface area contributed by atoms with Crippen molar-refractivity contribution in [3.63, 3.8) is 0 Å². The molecule has 0 spiro atoms. The Labute approximate surface area is 190 Å². The van der Waals surface area contributed by atoms with E-state index in [2.05, 4.69) is 34.6 Å². The first-order valence-electron chi connectivity index (χ1n) is 13.3. The molecule has 9 atom stereocenters. The summed E-state index contributed by atoms with van der Waals surface area (Å²) in [6.45, 7) is 13.7. The van der Waals surface area contributed by atoms with Gasteiger partial charge >= 0.3 is 5.97 Å². The van der Waals surface area contributed by atoms with E-state index in [4.69, 9.17) is 4.74 Å². The van der Waals surface area contributed by atoms with E-state index < -0.39 is 0 Å². The molecule has 3 heteroatoms. The fraction of sp³-hybridized carbons (Fsp3) is 0.929. The van der Waals surface area contributed by atoms with E-state index >= 15 is 0 Å². The minimum atomic E-state index is -0.202. The molecule has 0 aromatic rings. The summed E-state index contributed by atoms with van der Waals surface area (Å²) in [6, 6.07) is 0. The molecular formula is C28H46O3. The predicted molar refractivity (Wildman–Crippen MR) is 124 cm³/mol. The highest BCUT2D eigenvalue weighted by Gasteiger charge is 2.62. The quantitative estimate of drug-likeness (QED) is 0.449. The van der Waals surface area contributed by atoms with Gasteiger partial charge in [0.2, 0.25) is 0 Å². The fourth-order valence-electron chi connectivity index (χ4n) is 9.12. The molecule has 0 saturated heterocycles. The van der Waals surface area contributed by atoms with Gasteiger partial charge in [0.15, 0.2) is 0 Å². The molecule has 0 aliphatic heterocycles. The lowest BCUT2D eigenvalue weighted by atomic mass is 9.44. The molecule has 31 heavy (non-hydrogen) atoms. The van der Waals surface area contributed by atoms with Gasteiger partial charge in [-0.1, -0.05) is 47.5 Å². The minimum absolute atomic E-state index is 0.0531. The van der Waals surface area contributed by atoms with Crippen molar-refractivity contribution in [1.82, 2.24) is 0 Å². The lowest BCUT2D eigenvalue weighted by Crippen LogP contribution is -2.57. The van der Waals surface area contributed by atoms with Crippen LogP contribution in [0.15, 0.2) is 0 Å². The van der Waals surface area contributed by atoms with Crippen molar-refractivity contribution in [2.24, 2.45) is 52.3 Å². The Bertz CT molecular complexity index is 698. The molecule has 4 saturated carbocycles. The number of carbonyl (C=O) groups is 2. The SMILES string of the molecule is CC(=O)O[C@H]1CC[C@@]2(C)[C@H](C1)C(=O)C[C@@H]1[C@@H]2CC[C@]2(C)[C@@H]([C@H](C)CCC(C)C)CC[C@@H]12. The number of ether oxygens (including phenoxy) is 1. The third-order valence-corrected chi connectivity index (χ3v) is 10.7. The van der Waals surface area contributed by atoms with Crippen LogP contribution < -0.4 is 0 Å². The molecule has 0 bridgehead atoms. The molecular weight excluding hydrogens is 384 g/mol. The van der Waals surface area contributed by atoms with Crippen LogP contribution in [0.3, 0.4) is 0 Å². The van der Waals surface area contributed by atoms with Crippen molar-refractivity contribution >= 4 is 11.8 Å². The summed E-state index contributed by atoms with van der Waals surface area (Å²) in [7, 11) is 0. The normalized spacial score (nSPS) is 45.6. The Morgan fingerprint density at radius 2 is 1.68 bits per heavy atom. The van der Waals surface area contributed by atoms with Crippen molar-refractivity contribution in [1.29, 1.82) is 0 Å². The van der Waals surface area contributed by atoms with Gasteiger partial charge in [0, 0.05) is 19.3 Å². The smallest absolute Gasteiger partial charge is 0.302 e. The maximum atomic E-state index is 13.5. The largest absolute Gasteiger partial charge is 0.463 e. The number of rotatable bonds is 5. The predicted octanol–water partition coefficient (Wildman–Crippen LogP) is 6.83. The van der Waals surface area contributed by atoms with E-state index in [-0.39, 0.29) is 23.4 Å². The first-order valence-corrected chi connectivity index (χ1v) is 13.3. The molecule has 4 rings (SSSR count). The molecule has 0 unspecified atom stereocenters. The van der Waals surface area contributed by atoms with Crippen LogP contribution in [0.4, 0.5) is 0 Å². The Morgan fingerprint density at radius 3 is 2.35 bits per heavy atom. The zero-order chi connectivity index (χ0) is 22.6. The summed E-state index contributed by atoms with van der Waals surface area (Å²) < 4.78 is 5.54. The van der Waals surface area contributed by atoms with Crippen molar-refractivity contribution < 1.29 is 14.3 Å². The van der Waals surface area contributed by atoms with Crippen LogP contribution in [0.25, 0.3) is 0 Å². The van der Waals surface area contributed by atoms with Gasteiger partial charge in [0.05, 0.1) is 0 Å². The standard InChI is InChI=1S/C28H46O3/c1-17(2)7-8-18(3)22-9-10-23-21-16-26(30)25-15-20(31-19(4)29)11-13-28(25,6)24(21)12-14-27(22,23)5/h17-18,20-25H,7-16H2,1-6H3/t18-,20+,21+,22-,23+,24+,25-,27-,28-/m1/s1. The average Bonchev–Trinajstić information content (AvgIpc) is 3.04. The van der Waals surface area contributed by atoms with Crippen LogP contribution in [-0.4, -0.2) is 17.9 Å². The van der Waals surface area contributed by atoms with Gasteiger partial charge in [-0.05, 0) is 91.3 Å². The summed E-state index contributed by atoms with van der Waals surface area (Å²) in [6.07, 6.45) is 11.5. The van der Waals surface area contributed by atoms with Crippen molar-refractivity contribution in [3.8, 4) is 0 Å². The lowest BCUT2D eigenvalue weighted by Gasteiger charge is -2.60. The van der Waals surface area contributed by atoms with Gasteiger partial charge < -0.3 is 4.74 Å². The fourth-order valence-corrected chi connectivity index (χ4v) is 9.12. The number of fused-ring (bicyclic) bond motifs is 5. The second-order valence-corrected chi connectivity index (χ2v) is 12.8. The average molecular weight is 431 g/mol. The number of esters is 1. The van der Waals surface area contributed by atoms with Gasteiger partial charge in [-0.15, -0.1) is 0 Å². The van der Waals surface area contributed by atoms with Gasteiger partial charge in [-0.2, -0.15) is 0 Å². The third kappa shape index (κ3) is 4.01. The number of ketones is 1. The second kappa shape index (κ2) is 8.49. The van der Waals surface area contributed by atoms with E-state index in [1.807, 2.05) is 0 Å². The van der Waals surface area contributed by atoms with Gasteiger partial charge in [-0.25, -0.2) is 0 Å². The Balaban J connectivity index is 1.51. The molecule has 0 N–H and O–H groups in total. The highest BCUT2D eigenvalue weighted by atomic mass is 16.5. The van der Waals surface area contributed by atoms with Crippen LogP contribution in [0.5, 0.6) is 0 Å². The number of hydrogen-bond donors (Lipinski definition) is 0. The second-order valence-electron chi connectivity index (χ2n) is 12.8. The van der Waals surface area contributed by atoms with E-state index in [0.717, 1.165) is 49.4 Å². The van der Waals surface area contributed by atoms with Crippen LogP contribution in [0, 0.1) is 52.3 Å². The molecule has 0 aromatic carbocycles. The van der Waals surface area contributed by atoms with Crippen molar-refractivity contribution in [3.05, 3.63) is 0 Å². The first kappa shape index (κ1) is 23.3. The van der Waals surface area contributed by atoms with Gasteiger partial charge in [0.1, 0.15) is 11.9 Å². The highest BCUT2D eigenvalue weighted by molar-refractivity contribution is 5.83. The van der Waals surface area contributed by atoms with E-state index in [0.29, 0.717) is 23.0 Å². The molecule has 0 aromatic heterocycles. The molecule has 0 heterocycles. The summed E-state index contributed by atoms with van der Waals surface area (Å²) in [5.41, 5.74) is 0.537. The summed E-state index contributed by atoms with van der Waals surface area (Å²) in [5.74, 6) is 4.78. The molecule has 176 valence electrons.